The zero-order chi connectivity index (χ0) is 12.1. The lowest BCUT2D eigenvalue weighted by Gasteiger charge is -2.24. The van der Waals surface area contributed by atoms with Crippen LogP contribution in [0.25, 0.3) is 0 Å². The van der Waals surface area contributed by atoms with Gasteiger partial charge in [0.25, 0.3) is 0 Å². The zero-order valence-corrected chi connectivity index (χ0v) is 11.0. The van der Waals surface area contributed by atoms with Crippen LogP contribution in [0.1, 0.15) is 31.2 Å². The minimum atomic E-state index is 0.680. The molecule has 2 rings (SSSR count). The molecule has 0 saturated carbocycles. The molecule has 1 aliphatic rings. The van der Waals surface area contributed by atoms with Gasteiger partial charge in [-0.1, -0.05) is 30.5 Å². The van der Waals surface area contributed by atoms with Crippen molar-refractivity contribution in [3.8, 4) is 0 Å². The van der Waals surface area contributed by atoms with Crippen molar-refractivity contribution in [2.45, 2.75) is 32.1 Å². The van der Waals surface area contributed by atoms with Gasteiger partial charge in [-0.05, 0) is 43.5 Å². The van der Waals surface area contributed by atoms with Crippen LogP contribution in [0.2, 0.25) is 5.02 Å². The highest BCUT2D eigenvalue weighted by atomic mass is 35.5. The highest BCUT2D eigenvalue weighted by molar-refractivity contribution is 6.33. The molecule has 94 valence electrons. The summed E-state index contributed by atoms with van der Waals surface area (Å²) < 4.78 is 0. The zero-order valence-electron chi connectivity index (χ0n) is 10.3. The largest absolute Gasteiger partial charge is 0.370 e. The molecule has 1 saturated heterocycles. The van der Waals surface area contributed by atoms with Gasteiger partial charge in [-0.25, -0.2) is 0 Å². The van der Waals surface area contributed by atoms with E-state index in [4.69, 9.17) is 17.3 Å². The molecule has 0 aromatic heterocycles. The lowest BCUT2D eigenvalue weighted by molar-refractivity contribution is 0.726. The van der Waals surface area contributed by atoms with Crippen molar-refractivity contribution in [2.75, 3.05) is 24.5 Å². The molecule has 17 heavy (non-hydrogen) atoms. The maximum atomic E-state index is 6.37. The van der Waals surface area contributed by atoms with E-state index in [0.29, 0.717) is 6.54 Å². The number of hydrogen-bond acceptors (Lipinski definition) is 2. The fraction of sp³-hybridized carbons (Fsp3) is 0.571. The van der Waals surface area contributed by atoms with E-state index >= 15 is 0 Å². The number of anilines is 1. The van der Waals surface area contributed by atoms with Crippen molar-refractivity contribution >= 4 is 17.3 Å². The second-order valence-corrected chi connectivity index (χ2v) is 5.13. The summed E-state index contributed by atoms with van der Waals surface area (Å²) in [5.74, 6) is 0. The fourth-order valence-corrected chi connectivity index (χ4v) is 2.76. The highest BCUT2D eigenvalue weighted by Gasteiger charge is 2.12. The SMILES string of the molecule is NCCc1ccc(N2CCCCCC2)c(Cl)c1. The summed E-state index contributed by atoms with van der Waals surface area (Å²) in [6, 6.07) is 6.37. The molecular formula is C14H21ClN2. The molecule has 0 unspecified atom stereocenters. The normalized spacial score (nSPS) is 16.9. The van der Waals surface area contributed by atoms with Gasteiger partial charge in [0, 0.05) is 13.1 Å². The van der Waals surface area contributed by atoms with Crippen molar-refractivity contribution < 1.29 is 0 Å². The number of hydrogen-bond donors (Lipinski definition) is 1. The Balaban J connectivity index is 2.14. The molecule has 0 radical (unpaired) electrons. The summed E-state index contributed by atoms with van der Waals surface area (Å²) in [4.78, 5) is 2.42. The Labute approximate surface area is 109 Å². The molecule has 1 aromatic carbocycles. The molecule has 0 amide bonds. The molecule has 0 aliphatic carbocycles. The third-order valence-electron chi connectivity index (χ3n) is 3.39. The van der Waals surface area contributed by atoms with E-state index in [2.05, 4.69) is 23.1 Å². The van der Waals surface area contributed by atoms with Crippen molar-refractivity contribution in [1.29, 1.82) is 0 Å². The van der Waals surface area contributed by atoms with E-state index in [0.717, 1.165) is 24.5 Å². The van der Waals surface area contributed by atoms with Crippen LogP contribution in [0.5, 0.6) is 0 Å². The molecule has 2 nitrogen and oxygen atoms in total. The molecule has 0 atom stereocenters. The topological polar surface area (TPSA) is 29.3 Å². The molecule has 1 aromatic rings. The molecule has 2 N–H and O–H groups in total. The number of halogens is 1. The number of rotatable bonds is 3. The molecule has 0 spiro atoms. The number of benzene rings is 1. The van der Waals surface area contributed by atoms with E-state index < -0.39 is 0 Å². The predicted molar refractivity (Wildman–Crippen MR) is 74.9 cm³/mol. The van der Waals surface area contributed by atoms with Gasteiger partial charge in [0.15, 0.2) is 0 Å². The van der Waals surface area contributed by atoms with Crippen LogP contribution < -0.4 is 10.6 Å². The minimum absolute atomic E-state index is 0.680. The average molecular weight is 253 g/mol. The van der Waals surface area contributed by atoms with Crippen molar-refractivity contribution in [3.05, 3.63) is 28.8 Å². The van der Waals surface area contributed by atoms with Crippen molar-refractivity contribution in [2.24, 2.45) is 5.73 Å². The van der Waals surface area contributed by atoms with E-state index in [1.165, 1.54) is 36.9 Å². The average Bonchev–Trinajstić information content (AvgIpc) is 2.58. The standard InChI is InChI=1S/C14H21ClN2/c15-13-11-12(7-8-16)5-6-14(13)17-9-3-1-2-4-10-17/h5-6,11H,1-4,7-10,16H2. The Bertz CT molecular complexity index is 357. The summed E-state index contributed by atoms with van der Waals surface area (Å²) in [7, 11) is 0. The minimum Gasteiger partial charge on any atom is -0.370 e. The van der Waals surface area contributed by atoms with Gasteiger partial charge in [-0.2, -0.15) is 0 Å². The Morgan fingerprint density at radius 2 is 1.82 bits per heavy atom. The van der Waals surface area contributed by atoms with Crippen LogP contribution >= 0.6 is 11.6 Å². The van der Waals surface area contributed by atoms with Crippen molar-refractivity contribution in [3.63, 3.8) is 0 Å². The van der Waals surface area contributed by atoms with Gasteiger partial charge in [-0.3, -0.25) is 0 Å². The van der Waals surface area contributed by atoms with Crippen LogP contribution in [0, 0.1) is 0 Å². The number of nitrogens with two attached hydrogens (primary N) is 1. The Kier molecular flexibility index (Phi) is 4.69. The smallest absolute Gasteiger partial charge is 0.0642 e. The van der Waals surface area contributed by atoms with Gasteiger partial charge < -0.3 is 10.6 Å². The maximum Gasteiger partial charge on any atom is 0.0642 e. The predicted octanol–water partition coefficient (Wildman–Crippen LogP) is 3.22. The van der Waals surface area contributed by atoms with Crippen LogP contribution in [0.15, 0.2) is 18.2 Å². The van der Waals surface area contributed by atoms with Crippen molar-refractivity contribution in [1.82, 2.24) is 0 Å². The lowest BCUT2D eigenvalue weighted by Crippen LogP contribution is -2.24. The quantitative estimate of drug-likeness (QED) is 0.895. The van der Waals surface area contributed by atoms with Gasteiger partial charge >= 0.3 is 0 Å². The first-order valence-corrected chi connectivity index (χ1v) is 6.92. The Morgan fingerprint density at radius 3 is 2.41 bits per heavy atom. The maximum absolute atomic E-state index is 6.37. The Hall–Kier alpha value is -0.730. The van der Waals surface area contributed by atoms with Crippen LogP contribution in [0.4, 0.5) is 5.69 Å². The van der Waals surface area contributed by atoms with E-state index in [1.807, 2.05) is 0 Å². The summed E-state index contributed by atoms with van der Waals surface area (Å²) in [6.07, 6.45) is 6.15. The van der Waals surface area contributed by atoms with Gasteiger partial charge in [0.1, 0.15) is 0 Å². The van der Waals surface area contributed by atoms with E-state index in [9.17, 15) is 0 Å². The van der Waals surface area contributed by atoms with Crippen LogP contribution in [-0.4, -0.2) is 19.6 Å². The van der Waals surface area contributed by atoms with Crippen LogP contribution in [-0.2, 0) is 6.42 Å². The molecule has 3 heteroatoms. The second kappa shape index (κ2) is 6.27. The monoisotopic (exact) mass is 252 g/mol. The highest BCUT2D eigenvalue weighted by Crippen LogP contribution is 2.28. The third-order valence-corrected chi connectivity index (χ3v) is 3.69. The molecule has 0 bridgehead atoms. The van der Waals surface area contributed by atoms with Gasteiger partial charge in [0.2, 0.25) is 0 Å². The summed E-state index contributed by atoms with van der Waals surface area (Å²) >= 11 is 6.37. The summed E-state index contributed by atoms with van der Waals surface area (Å²) in [5.41, 5.74) is 7.98. The molecular weight excluding hydrogens is 232 g/mol. The first-order chi connectivity index (χ1) is 8.31. The van der Waals surface area contributed by atoms with Crippen LogP contribution in [0.3, 0.4) is 0 Å². The lowest BCUT2D eigenvalue weighted by atomic mass is 10.1. The summed E-state index contributed by atoms with van der Waals surface area (Å²) in [5, 5.41) is 0.873. The fourth-order valence-electron chi connectivity index (χ4n) is 2.44. The third kappa shape index (κ3) is 3.36. The van der Waals surface area contributed by atoms with Gasteiger partial charge in [-0.15, -0.1) is 0 Å². The van der Waals surface area contributed by atoms with Gasteiger partial charge in [0.05, 0.1) is 10.7 Å². The molecule has 1 fully saturated rings. The van der Waals surface area contributed by atoms with E-state index in [-0.39, 0.29) is 0 Å². The molecule has 1 heterocycles. The number of nitrogens with zero attached hydrogens (tertiary/aromatic N) is 1. The molecule has 1 aliphatic heterocycles. The Morgan fingerprint density at radius 1 is 1.12 bits per heavy atom. The second-order valence-electron chi connectivity index (χ2n) is 4.73. The summed E-state index contributed by atoms with van der Waals surface area (Å²) in [6.45, 7) is 2.95. The first kappa shape index (κ1) is 12.7. The first-order valence-electron chi connectivity index (χ1n) is 6.54. The van der Waals surface area contributed by atoms with E-state index in [1.54, 1.807) is 0 Å².